The van der Waals surface area contributed by atoms with Crippen LogP contribution in [0.15, 0.2) is 24.3 Å². The molecule has 1 aromatic carbocycles. The third-order valence-electron chi connectivity index (χ3n) is 4.18. The molecule has 0 fully saturated rings. The minimum atomic E-state index is -1.06. The van der Waals surface area contributed by atoms with Crippen molar-refractivity contribution in [2.45, 2.75) is 32.4 Å². The van der Waals surface area contributed by atoms with Crippen LogP contribution in [-0.2, 0) is 14.3 Å². The SMILES string of the molecule is COC(=O)CCN(CC(C)O)C(=O)C(C)N1C(=O)c2ccccc2C1=O. The Morgan fingerprint density at radius 2 is 1.69 bits per heavy atom. The minimum Gasteiger partial charge on any atom is -0.469 e. The van der Waals surface area contributed by atoms with Gasteiger partial charge in [0.15, 0.2) is 0 Å². The van der Waals surface area contributed by atoms with Gasteiger partial charge in [-0.2, -0.15) is 0 Å². The lowest BCUT2D eigenvalue weighted by atomic mass is 10.1. The van der Waals surface area contributed by atoms with Crippen LogP contribution in [0.3, 0.4) is 0 Å². The Kier molecular flexibility index (Phi) is 6.10. The van der Waals surface area contributed by atoms with E-state index in [1.54, 1.807) is 12.1 Å². The average Bonchev–Trinajstić information content (AvgIpc) is 2.88. The molecule has 8 heteroatoms. The topological polar surface area (TPSA) is 104 Å². The van der Waals surface area contributed by atoms with Gasteiger partial charge in [0, 0.05) is 13.1 Å². The van der Waals surface area contributed by atoms with E-state index in [1.807, 2.05) is 0 Å². The summed E-state index contributed by atoms with van der Waals surface area (Å²) in [5.74, 6) is -2.08. The van der Waals surface area contributed by atoms with Gasteiger partial charge in [-0.3, -0.25) is 24.1 Å². The van der Waals surface area contributed by atoms with Crippen molar-refractivity contribution in [3.05, 3.63) is 35.4 Å². The number of imide groups is 1. The molecule has 0 saturated heterocycles. The minimum absolute atomic E-state index is 0.0178. The van der Waals surface area contributed by atoms with Crippen molar-refractivity contribution in [1.82, 2.24) is 9.80 Å². The Morgan fingerprint density at radius 3 is 2.15 bits per heavy atom. The number of fused-ring (bicyclic) bond motifs is 1. The van der Waals surface area contributed by atoms with Crippen LogP contribution in [0.5, 0.6) is 0 Å². The maximum absolute atomic E-state index is 12.8. The van der Waals surface area contributed by atoms with Gasteiger partial charge in [-0.25, -0.2) is 0 Å². The maximum atomic E-state index is 12.8. The number of rotatable bonds is 7. The number of methoxy groups -OCH3 is 1. The number of hydrogen-bond donors (Lipinski definition) is 1. The van der Waals surface area contributed by atoms with Crippen molar-refractivity contribution in [3.63, 3.8) is 0 Å². The molecule has 0 saturated carbocycles. The molecule has 0 radical (unpaired) electrons. The molecule has 0 bridgehead atoms. The van der Waals surface area contributed by atoms with Crippen molar-refractivity contribution < 1.29 is 29.0 Å². The molecule has 0 spiro atoms. The van der Waals surface area contributed by atoms with E-state index in [4.69, 9.17) is 0 Å². The van der Waals surface area contributed by atoms with E-state index in [2.05, 4.69) is 4.74 Å². The van der Waals surface area contributed by atoms with Gasteiger partial charge in [0.25, 0.3) is 11.8 Å². The zero-order valence-corrected chi connectivity index (χ0v) is 15.0. The zero-order chi connectivity index (χ0) is 19.4. The summed E-state index contributed by atoms with van der Waals surface area (Å²) in [4.78, 5) is 51.4. The number of esters is 1. The van der Waals surface area contributed by atoms with Gasteiger partial charge in [0.2, 0.25) is 5.91 Å². The highest BCUT2D eigenvalue weighted by Gasteiger charge is 2.41. The van der Waals surface area contributed by atoms with Gasteiger partial charge in [-0.1, -0.05) is 12.1 Å². The van der Waals surface area contributed by atoms with Gasteiger partial charge in [0.1, 0.15) is 6.04 Å². The van der Waals surface area contributed by atoms with Crippen molar-refractivity contribution in [2.75, 3.05) is 20.2 Å². The van der Waals surface area contributed by atoms with E-state index in [9.17, 15) is 24.3 Å². The number of carbonyl (C=O) groups excluding carboxylic acids is 4. The smallest absolute Gasteiger partial charge is 0.307 e. The summed E-state index contributed by atoms with van der Waals surface area (Å²) in [5.41, 5.74) is 0.516. The van der Waals surface area contributed by atoms with Crippen molar-refractivity contribution in [2.24, 2.45) is 0 Å². The molecule has 3 amide bonds. The number of aliphatic hydroxyl groups excluding tert-OH is 1. The summed E-state index contributed by atoms with van der Waals surface area (Å²) in [6, 6.07) is 5.32. The molecule has 140 valence electrons. The molecule has 8 nitrogen and oxygen atoms in total. The summed E-state index contributed by atoms with van der Waals surface area (Å²) in [7, 11) is 1.24. The first kappa shape index (κ1) is 19.6. The maximum Gasteiger partial charge on any atom is 0.307 e. The van der Waals surface area contributed by atoms with Gasteiger partial charge >= 0.3 is 5.97 Å². The Hall–Kier alpha value is -2.74. The summed E-state index contributed by atoms with van der Waals surface area (Å²) < 4.78 is 4.56. The number of ether oxygens (including phenoxy) is 1. The molecule has 1 aliphatic heterocycles. The van der Waals surface area contributed by atoms with Crippen LogP contribution in [0.2, 0.25) is 0 Å². The molecule has 1 aliphatic rings. The summed E-state index contributed by atoms with van der Waals surface area (Å²) in [6.07, 6.45) is -0.880. The highest BCUT2D eigenvalue weighted by Crippen LogP contribution is 2.25. The van der Waals surface area contributed by atoms with Crippen LogP contribution in [0.25, 0.3) is 0 Å². The Labute approximate surface area is 151 Å². The summed E-state index contributed by atoms with van der Waals surface area (Å²) in [5, 5.41) is 9.63. The monoisotopic (exact) mass is 362 g/mol. The van der Waals surface area contributed by atoms with Gasteiger partial charge in [-0.15, -0.1) is 0 Å². The second kappa shape index (κ2) is 8.09. The van der Waals surface area contributed by atoms with Crippen LogP contribution in [0.1, 0.15) is 41.0 Å². The average molecular weight is 362 g/mol. The molecule has 2 unspecified atom stereocenters. The number of amides is 3. The number of benzene rings is 1. The van der Waals surface area contributed by atoms with Gasteiger partial charge in [0.05, 0.1) is 30.8 Å². The fourth-order valence-electron chi connectivity index (χ4n) is 2.87. The van der Waals surface area contributed by atoms with Crippen LogP contribution < -0.4 is 0 Å². The fourth-order valence-corrected chi connectivity index (χ4v) is 2.87. The molecule has 1 N–H and O–H groups in total. The number of hydrogen-bond acceptors (Lipinski definition) is 6. The highest BCUT2D eigenvalue weighted by molar-refractivity contribution is 6.22. The molecule has 2 rings (SSSR count). The first-order valence-electron chi connectivity index (χ1n) is 8.28. The lowest BCUT2D eigenvalue weighted by Gasteiger charge is -2.30. The molecule has 2 atom stereocenters. The number of aliphatic hydroxyl groups is 1. The summed E-state index contributed by atoms with van der Waals surface area (Å²) in [6.45, 7) is 2.95. The highest BCUT2D eigenvalue weighted by atomic mass is 16.5. The van der Waals surface area contributed by atoms with Gasteiger partial charge < -0.3 is 14.7 Å². The molecule has 26 heavy (non-hydrogen) atoms. The Bertz CT molecular complexity index is 695. The lowest BCUT2D eigenvalue weighted by molar-refractivity contribution is -0.142. The lowest BCUT2D eigenvalue weighted by Crippen LogP contribution is -2.51. The first-order valence-corrected chi connectivity index (χ1v) is 8.28. The molecule has 1 heterocycles. The molecular formula is C18H22N2O6. The molecular weight excluding hydrogens is 340 g/mol. The standard InChI is InChI=1S/C18H22N2O6/c1-11(21)10-19(9-8-15(22)26-3)16(23)12(2)20-17(24)13-6-4-5-7-14(13)18(20)25/h4-7,11-12,21H,8-10H2,1-3H3. The van der Waals surface area contributed by atoms with E-state index < -0.39 is 35.8 Å². The van der Waals surface area contributed by atoms with Crippen LogP contribution >= 0.6 is 0 Å². The van der Waals surface area contributed by atoms with E-state index >= 15 is 0 Å². The van der Waals surface area contributed by atoms with Crippen molar-refractivity contribution in [1.29, 1.82) is 0 Å². The van der Waals surface area contributed by atoms with E-state index in [0.717, 1.165) is 4.90 Å². The largest absolute Gasteiger partial charge is 0.469 e. The predicted molar refractivity (Wildman–Crippen MR) is 91.3 cm³/mol. The third kappa shape index (κ3) is 3.91. The molecule has 1 aromatic rings. The normalized spacial score (nSPS) is 15.5. The van der Waals surface area contributed by atoms with E-state index in [-0.39, 0.29) is 30.6 Å². The molecule has 0 aromatic heterocycles. The Balaban J connectivity index is 2.19. The Morgan fingerprint density at radius 1 is 1.15 bits per heavy atom. The third-order valence-corrected chi connectivity index (χ3v) is 4.18. The van der Waals surface area contributed by atoms with Crippen LogP contribution in [-0.4, -0.2) is 70.9 Å². The summed E-state index contributed by atoms with van der Waals surface area (Å²) >= 11 is 0. The van der Waals surface area contributed by atoms with Crippen LogP contribution in [0.4, 0.5) is 0 Å². The van der Waals surface area contributed by atoms with E-state index in [0.29, 0.717) is 0 Å². The van der Waals surface area contributed by atoms with E-state index in [1.165, 1.54) is 38.0 Å². The fraction of sp³-hybridized carbons (Fsp3) is 0.444. The van der Waals surface area contributed by atoms with Gasteiger partial charge in [-0.05, 0) is 26.0 Å². The molecule has 0 aliphatic carbocycles. The second-order valence-electron chi connectivity index (χ2n) is 6.16. The van der Waals surface area contributed by atoms with Crippen molar-refractivity contribution in [3.8, 4) is 0 Å². The second-order valence-corrected chi connectivity index (χ2v) is 6.16. The number of nitrogens with zero attached hydrogens (tertiary/aromatic N) is 2. The zero-order valence-electron chi connectivity index (χ0n) is 15.0. The number of carbonyl (C=O) groups is 4. The van der Waals surface area contributed by atoms with Crippen molar-refractivity contribution >= 4 is 23.7 Å². The first-order chi connectivity index (χ1) is 12.3. The predicted octanol–water partition coefficient (Wildman–Crippen LogP) is 0.444. The van der Waals surface area contributed by atoms with Crippen LogP contribution in [0, 0.1) is 0 Å². The quantitative estimate of drug-likeness (QED) is 0.558.